The Hall–Kier alpha value is -2.79. The van der Waals surface area contributed by atoms with E-state index in [0.29, 0.717) is 24.2 Å². The Morgan fingerprint density at radius 1 is 1.10 bits per heavy atom. The third-order valence-electron chi connectivity index (χ3n) is 6.19. The second kappa shape index (κ2) is 9.56. The first-order valence-electron chi connectivity index (χ1n) is 11.3. The second-order valence-corrected chi connectivity index (χ2v) is 8.91. The fraction of sp³-hybridized carbons (Fsp3) is 0.423. The Morgan fingerprint density at radius 2 is 1.81 bits per heavy atom. The van der Waals surface area contributed by atoms with Crippen LogP contribution in [-0.2, 0) is 6.54 Å². The number of fused-ring (bicyclic) bond motifs is 1. The van der Waals surface area contributed by atoms with Crippen molar-refractivity contribution in [3.63, 3.8) is 0 Å². The summed E-state index contributed by atoms with van der Waals surface area (Å²) in [7, 11) is 0. The van der Waals surface area contributed by atoms with Crippen LogP contribution in [0.1, 0.15) is 48.5 Å². The minimum atomic E-state index is -0.951. The van der Waals surface area contributed by atoms with Crippen molar-refractivity contribution in [1.82, 2.24) is 9.47 Å². The number of aromatic carboxylic acids is 1. The molecule has 0 radical (unpaired) electrons. The lowest BCUT2D eigenvalue weighted by Gasteiger charge is -2.31. The zero-order chi connectivity index (χ0) is 21.8. The number of carbonyl (C=O) groups is 1. The van der Waals surface area contributed by atoms with E-state index in [-0.39, 0.29) is 5.56 Å². The summed E-state index contributed by atoms with van der Waals surface area (Å²) in [6.07, 6.45) is 4.67. The van der Waals surface area contributed by atoms with Crippen LogP contribution < -0.4 is 4.74 Å². The van der Waals surface area contributed by atoms with Gasteiger partial charge >= 0.3 is 5.97 Å². The van der Waals surface area contributed by atoms with E-state index in [9.17, 15) is 9.90 Å². The van der Waals surface area contributed by atoms with Gasteiger partial charge in [-0.2, -0.15) is 0 Å². The number of benzene rings is 2. The van der Waals surface area contributed by atoms with Crippen LogP contribution in [-0.4, -0.2) is 46.8 Å². The first-order valence-corrected chi connectivity index (χ1v) is 11.3. The van der Waals surface area contributed by atoms with Crippen LogP contribution in [0, 0.1) is 5.92 Å². The van der Waals surface area contributed by atoms with Crippen LogP contribution in [0.25, 0.3) is 10.9 Å². The van der Waals surface area contributed by atoms with Gasteiger partial charge in [-0.1, -0.05) is 44.2 Å². The summed E-state index contributed by atoms with van der Waals surface area (Å²) in [5.41, 5.74) is 3.06. The van der Waals surface area contributed by atoms with E-state index < -0.39 is 5.97 Å². The van der Waals surface area contributed by atoms with E-state index in [0.717, 1.165) is 39.0 Å². The molecule has 0 spiro atoms. The number of nitrogens with zero attached hydrogens (tertiary/aromatic N) is 2. The fourth-order valence-corrected chi connectivity index (χ4v) is 4.67. The number of rotatable bonds is 8. The van der Waals surface area contributed by atoms with Gasteiger partial charge in [0.2, 0.25) is 0 Å². The molecule has 0 saturated carbocycles. The SMILES string of the molecule is CC(C)Cn1cc(C2CCN(CCOc3ccccc3C(=O)O)CC2)c2ccccc21. The highest BCUT2D eigenvalue weighted by Gasteiger charge is 2.24. The number of carboxylic acids is 1. The molecule has 5 nitrogen and oxygen atoms in total. The van der Waals surface area contributed by atoms with Crippen molar-refractivity contribution >= 4 is 16.9 Å². The average molecular weight is 421 g/mol. The Balaban J connectivity index is 1.35. The van der Waals surface area contributed by atoms with Gasteiger partial charge in [-0.05, 0) is 61.5 Å². The number of ether oxygens (including phenoxy) is 1. The number of piperidine rings is 1. The van der Waals surface area contributed by atoms with E-state index in [4.69, 9.17) is 4.74 Å². The Bertz CT molecular complexity index is 1030. The molecule has 5 heteroatoms. The highest BCUT2D eigenvalue weighted by Crippen LogP contribution is 2.34. The smallest absolute Gasteiger partial charge is 0.339 e. The maximum absolute atomic E-state index is 11.3. The van der Waals surface area contributed by atoms with Crippen molar-refractivity contribution < 1.29 is 14.6 Å². The summed E-state index contributed by atoms with van der Waals surface area (Å²) in [4.78, 5) is 13.7. The lowest BCUT2D eigenvalue weighted by molar-refractivity contribution is 0.0691. The van der Waals surface area contributed by atoms with Crippen molar-refractivity contribution in [2.24, 2.45) is 5.92 Å². The first kappa shape index (κ1) is 21.4. The Morgan fingerprint density at radius 3 is 2.55 bits per heavy atom. The molecule has 0 aliphatic carbocycles. The van der Waals surface area contributed by atoms with Crippen LogP contribution in [0.2, 0.25) is 0 Å². The monoisotopic (exact) mass is 420 g/mol. The molecule has 1 aliphatic rings. The van der Waals surface area contributed by atoms with Crippen LogP contribution in [0.15, 0.2) is 54.7 Å². The molecule has 3 aromatic rings. The predicted octanol–water partition coefficient (Wildman–Crippen LogP) is 5.25. The fourth-order valence-electron chi connectivity index (χ4n) is 4.67. The average Bonchev–Trinajstić information content (AvgIpc) is 3.12. The minimum Gasteiger partial charge on any atom is -0.491 e. The largest absolute Gasteiger partial charge is 0.491 e. The molecule has 164 valence electrons. The number of para-hydroxylation sites is 2. The van der Waals surface area contributed by atoms with Gasteiger partial charge in [0.25, 0.3) is 0 Å². The molecule has 1 saturated heterocycles. The molecule has 1 fully saturated rings. The number of likely N-dealkylation sites (tertiary alicyclic amines) is 1. The van der Waals surface area contributed by atoms with Crippen LogP contribution in [0.5, 0.6) is 5.75 Å². The molecular weight excluding hydrogens is 388 g/mol. The number of aromatic nitrogens is 1. The Labute approximate surface area is 184 Å². The summed E-state index contributed by atoms with van der Waals surface area (Å²) in [6, 6.07) is 15.6. The second-order valence-electron chi connectivity index (χ2n) is 8.91. The molecule has 1 aliphatic heterocycles. The van der Waals surface area contributed by atoms with Gasteiger partial charge in [0.15, 0.2) is 0 Å². The van der Waals surface area contributed by atoms with Crippen molar-refractivity contribution in [2.45, 2.75) is 39.2 Å². The maximum atomic E-state index is 11.3. The van der Waals surface area contributed by atoms with Gasteiger partial charge in [0.05, 0.1) is 0 Å². The summed E-state index contributed by atoms with van der Waals surface area (Å²) in [5.74, 6) is 0.705. The van der Waals surface area contributed by atoms with Crippen LogP contribution in [0.4, 0.5) is 0 Å². The maximum Gasteiger partial charge on any atom is 0.339 e. The third kappa shape index (κ3) is 4.93. The van der Waals surface area contributed by atoms with E-state index in [2.05, 4.69) is 53.8 Å². The highest BCUT2D eigenvalue weighted by atomic mass is 16.5. The predicted molar refractivity (Wildman–Crippen MR) is 124 cm³/mol. The molecule has 1 N–H and O–H groups in total. The van der Waals surface area contributed by atoms with Crippen LogP contribution >= 0.6 is 0 Å². The van der Waals surface area contributed by atoms with Gasteiger partial charge in [-0.25, -0.2) is 4.79 Å². The summed E-state index contributed by atoms with van der Waals surface area (Å²) in [6.45, 7) is 8.98. The molecule has 0 unspecified atom stereocenters. The van der Waals surface area contributed by atoms with Crippen molar-refractivity contribution in [3.8, 4) is 5.75 Å². The number of hydrogen-bond donors (Lipinski definition) is 1. The summed E-state index contributed by atoms with van der Waals surface area (Å²) >= 11 is 0. The minimum absolute atomic E-state index is 0.221. The molecule has 0 atom stereocenters. The normalized spacial score (nSPS) is 15.6. The zero-order valence-corrected chi connectivity index (χ0v) is 18.5. The van der Waals surface area contributed by atoms with Gasteiger partial charge in [-0.15, -0.1) is 0 Å². The quantitative estimate of drug-likeness (QED) is 0.540. The lowest BCUT2D eigenvalue weighted by Crippen LogP contribution is -2.35. The van der Waals surface area contributed by atoms with E-state index >= 15 is 0 Å². The van der Waals surface area contributed by atoms with Crippen molar-refractivity contribution in [2.75, 3.05) is 26.2 Å². The highest BCUT2D eigenvalue weighted by molar-refractivity contribution is 5.90. The van der Waals surface area contributed by atoms with Crippen LogP contribution in [0.3, 0.4) is 0 Å². The third-order valence-corrected chi connectivity index (χ3v) is 6.19. The molecular formula is C26H32N2O3. The van der Waals surface area contributed by atoms with Crippen molar-refractivity contribution in [1.29, 1.82) is 0 Å². The first-order chi connectivity index (χ1) is 15.0. The standard InChI is InChI=1S/C26H32N2O3/c1-19(2)17-28-18-23(21-7-3-5-9-24(21)28)20-11-13-27(14-12-20)15-16-31-25-10-6-4-8-22(25)26(29)30/h3-10,18-20H,11-17H2,1-2H3,(H,29,30). The molecule has 1 aromatic heterocycles. The molecule has 2 aromatic carbocycles. The number of carboxylic acid groups (broad SMARTS) is 1. The molecule has 2 heterocycles. The topological polar surface area (TPSA) is 54.7 Å². The Kier molecular flexibility index (Phi) is 6.62. The van der Waals surface area contributed by atoms with Gasteiger partial charge in [0.1, 0.15) is 17.9 Å². The van der Waals surface area contributed by atoms with Gasteiger partial charge < -0.3 is 14.4 Å². The molecule has 0 amide bonds. The van der Waals surface area contributed by atoms with E-state index in [1.165, 1.54) is 16.5 Å². The molecule has 31 heavy (non-hydrogen) atoms. The summed E-state index contributed by atoms with van der Waals surface area (Å²) in [5, 5.41) is 10.7. The molecule has 4 rings (SSSR count). The summed E-state index contributed by atoms with van der Waals surface area (Å²) < 4.78 is 8.21. The van der Waals surface area contributed by atoms with E-state index in [1.807, 2.05) is 6.07 Å². The molecule has 0 bridgehead atoms. The van der Waals surface area contributed by atoms with Gasteiger partial charge in [-0.3, -0.25) is 4.90 Å². The van der Waals surface area contributed by atoms with Crippen molar-refractivity contribution in [3.05, 3.63) is 65.9 Å². The lowest BCUT2D eigenvalue weighted by atomic mass is 9.89. The zero-order valence-electron chi connectivity index (χ0n) is 18.5. The van der Waals surface area contributed by atoms with E-state index in [1.54, 1.807) is 18.2 Å². The number of hydrogen-bond acceptors (Lipinski definition) is 3. The van der Waals surface area contributed by atoms with Gasteiger partial charge in [0, 0.05) is 30.2 Å².